The van der Waals surface area contributed by atoms with E-state index >= 15 is 0 Å². The van der Waals surface area contributed by atoms with Crippen LogP contribution in [0.5, 0.6) is 0 Å². The van der Waals surface area contributed by atoms with Crippen LogP contribution in [0, 0.1) is 0 Å². The van der Waals surface area contributed by atoms with E-state index in [2.05, 4.69) is 10.2 Å². The summed E-state index contributed by atoms with van der Waals surface area (Å²) >= 11 is 0. The maximum Gasteiger partial charge on any atom is 0.326 e. The molecular weight excluding hydrogens is 222 g/mol. The average Bonchev–Trinajstić information content (AvgIpc) is 3.14. The van der Waals surface area contributed by atoms with Gasteiger partial charge in [0, 0.05) is 6.04 Å². The molecule has 1 unspecified atom stereocenters. The van der Waals surface area contributed by atoms with E-state index in [1.54, 1.807) is 6.07 Å². The molecule has 1 heterocycles. The van der Waals surface area contributed by atoms with Gasteiger partial charge in [0.2, 0.25) is 0 Å². The van der Waals surface area contributed by atoms with Gasteiger partial charge in [0.25, 0.3) is 5.91 Å². The van der Waals surface area contributed by atoms with Crippen molar-refractivity contribution in [1.29, 1.82) is 0 Å². The van der Waals surface area contributed by atoms with Crippen molar-refractivity contribution in [3.8, 4) is 0 Å². The van der Waals surface area contributed by atoms with E-state index in [9.17, 15) is 9.59 Å². The fourth-order valence-electron chi connectivity index (χ4n) is 1.70. The largest absolute Gasteiger partial charge is 0.480 e. The molecule has 2 rings (SSSR count). The number of hydrogen-bond donors (Lipinski definition) is 1. The summed E-state index contributed by atoms with van der Waals surface area (Å²) in [6, 6.07) is 0.768. The van der Waals surface area contributed by atoms with Gasteiger partial charge in [-0.15, -0.1) is 0 Å². The monoisotopic (exact) mass is 235 g/mol. The molecule has 90 valence electrons. The van der Waals surface area contributed by atoms with E-state index < -0.39 is 12.0 Å². The lowest BCUT2D eigenvalue weighted by Gasteiger charge is -2.26. The van der Waals surface area contributed by atoms with Crippen LogP contribution in [0.2, 0.25) is 0 Å². The third-order valence-corrected chi connectivity index (χ3v) is 2.78. The molecule has 1 saturated carbocycles. The van der Waals surface area contributed by atoms with Crippen molar-refractivity contribution >= 4 is 11.9 Å². The summed E-state index contributed by atoms with van der Waals surface area (Å²) in [5.74, 6) is -1.29. The van der Waals surface area contributed by atoms with Crippen molar-refractivity contribution in [2.75, 3.05) is 0 Å². The lowest BCUT2D eigenvalue weighted by molar-refractivity contribution is -0.141. The molecule has 1 atom stereocenters. The summed E-state index contributed by atoms with van der Waals surface area (Å²) in [7, 11) is 0. The summed E-state index contributed by atoms with van der Waals surface area (Å²) in [5.41, 5.74) is 0.375. The van der Waals surface area contributed by atoms with Crippen molar-refractivity contribution in [2.45, 2.75) is 31.8 Å². The topological polar surface area (TPSA) is 83.4 Å². The molecule has 6 nitrogen and oxygen atoms in total. The Morgan fingerprint density at radius 2 is 2.18 bits per heavy atom. The molecule has 1 amide bonds. The van der Waals surface area contributed by atoms with Gasteiger partial charge in [-0.1, -0.05) is 0 Å². The molecule has 17 heavy (non-hydrogen) atoms. The molecule has 0 spiro atoms. The molecule has 1 fully saturated rings. The van der Waals surface area contributed by atoms with Gasteiger partial charge >= 0.3 is 5.97 Å². The quantitative estimate of drug-likeness (QED) is 0.824. The molecule has 0 aliphatic heterocycles. The predicted octanol–water partition coefficient (Wildman–Crippen LogP) is 0.554. The van der Waals surface area contributed by atoms with Crippen molar-refractivity contribution in [3.05, 3.63) is 24.0 Å². The van der Waals surface area contributed by atoms with E-state index in [1.165, 1.54) is 24.2 Å². The predicted molar refractivity (Wildman–Crippen MR) is 58.3 cm³/mol. The molecule has 1 aromatic rings. The van der Waals surface area contributed by atoms with Gasteiger partial charge in [-0.05, 0) is 25.8 Å². The molecule has 1 aromatic heterocycles. The summed E-state index contributed by atoms with van der Waals surface area (Å²) in [4.78, 5) is 24.6. The Morgan fingerprint density at radius 1 is 1.47 bits per heavy atom. The molecule has 1 aliphatic rings. The minimum Gasteiger partial charge on any atom is -0.480 e. The van der Waals surface area contributed by atoms with Crippen molar-refractivity contribution in [1.82, 2.24) is 15.1 Å². The molecule has 1 aliphatic carbocycles. The maximum atomic E-state index is 12.2. The number of carbonyl (C=O) groups excluding carboxylic acids is 1. The lowest BCUT2D eigenvalue weighted by Crippen LogP contribution is -2.44. The highest BCUT2D eigenvalue weighted by molar-refractivity contribution is 5.96. The maximum absolute atomic E-state index is 12.2. The normalized spacial score (nSPS) is 16.3. The van der Waals surface area contributed by atoms with Crippen LogP contribution in [0.3, 0.4) is 0 Å². The zero-order valence-corrected chi connectivity index (χ0v) is 9.41. The van der Waals surface area contributed by atoms with Crippen LogP contribution in [0.25, 0.3) is 0 Å². The summed E-state index contributed by atoms with van der Waals surface area (Å²) in [5, 5.41) is 16.2. The van der Waals surface area contributed by atoms with Crippen LogP contribution < -0.4 is 0 Å². The van der Waals surface area contributed by atoms with Crippen molar-refractivity contribution in [3.63, 3.8) is 0 Å². The number of rotatable bonds is 4. The van der Waals surface area contributed by atoms with Gasteiger partial charge in [0.1, 0.15) is 6.04 Å². The number of carboxylic acid groups (broad SMARTS) is 1. The highest BCUT2D eigenvalue weighted by atomic mass is 16.4. The number of aliphatic carboxylic acids is 1. The van der Waals surface area contributed by atoms with Gasteiger partial charge in [0.15, 0.2) is 0 Å². The zero-order valence-electron chi connectivity index (χ0n) is 9.41. The second-order valence-electron chi connectivity index (χ2n) is 4.09. The summed E-state index contributed by atoms with van der Waals surface area (Å²) in [6.07, 6.45) is 4.50. The number of carboxylic acids is 1. The van der Waals surface area contributed by atoms with E-state index in [0.717, 1.165) is 12.8 Å². The molecule has 0 aromatic carbocycles. The third kappa shape index (κ3) is 2.41. The highest BCUT2D eigenvalue weighted by Crippen LogP contribution is 2.30. The Morgan fingerprint density at radius 3 is 2.65 bits per heavy atom. The van der Waals surface area contributed by atoms with Crippen LogP contribution in [0.4, 0.5) is 0 Å². The van der Waals surface area contributed by atoms with Crippen LogP contribution in [0.15, 0.2) is 18.5 Å². The highest BCUT2D eigenvalue weighted by Gasteiger charge is 2.38. The Bertz CT molecular complexity index is 431. The smallest absolute Gasteiger partial charge is 0.326 e. The standard InChI is InChI=1S/C11H13N3O3/c1-7(11(16)17)14(9-2-3-9)10(15)8-4-5-12-13-6-8/h4-7,9H,2-3H2,1H3,(H,16,17). The number of aromatic nitrogens is 2. The van der Waals surface area contributed by atoms with E-state index in [1.807, 2.05) is 0 Å². The Kier molecular flexibility index (Phi) is 3.03. The molecule has 6 heteroatoms. The minimum absolute atomic E-state index is 0.0433. The molecular formula is C11H13N3O3. The second-order valence-corrected chi connectivity index (χ2v) is 4.09. The molecule has 0 bridgehead atoms. The van der Waals surface area contributed by atoms with E-state index in [4.69, 9.17) is 5.11 Å². The van der Waals surface area contributed by atoms with E-state index in [0.29, 0.717) is 5.56 Å². The SMILES string of the molecule is CC(C(=O)O)N(C(=O)c1ccnnc1)C1CC1. The van der Waals surface area contributed by atoms with Crippen LogP contribution in [0.1, 0.15) is 30.1 Å². The number of hydrogen-bond acceptors (Lipinski definition) is 4. The number of carbonyl (C=O) groups is 2. The second kappa shape index (κ2) is 4.48. The van der Waals surface area contributed by atoms with Crippen molar-refractivity contribution in [2.24, 2.45) is 0 Å². The van der Waals surface area contributed by atoms with Crippen LogP contribution >= 0.6 is 0 Å². The van der Waals surface area contributed by atoms with Crippen LogP contribution in [-0.4, -0.2) is 44.2 Å². The Hall–Kier alpha value is -1.98. The van der Waals surface area contributed by atoms with Gasteiger partial charge in [-0.25, -0.2) is 4.79 Å². The third-order valence-electron chi connectivity index (χ3n) is 2.78. The fraction of sp³-hybridized carbons (Fsp3) is 0.455. The molecule has 1 N–H and O–H groups in total. The van der Waals surface area contributed by atoms with Gasteiger partial charge in [0.05, 0.1) is 18.0 Å². The number of nitrogens with zero attached hydrogens (tertiary/aromatic N) is 3. The van der Waals surface area contributed by atoms with Gasteiger partial charge in [-0.3, -0.25) is 4.79 Å². The molecule has 0 radical (unpaired) electrons. The summed E-state index contributed by atoms with van der Waals surface area (Å²) in [6.45, 7) is 1.52. The Labute approximate surface area is 98.3 Å². The van der Waals surface area contributed by atoms with Crippen molar-refractivity contribution < 1.29 is 14.7 Å². The number of amides is 1. The first-order valence-electron chi connectivity index (χ1n) is 5.43. The fourth-order valence-corrected chi connectivity index (χ4v) is 1.70. The first-order chi connectivity index (χ1) is 8.11. The lowest BCUT2D eigenvalue weighted by atomic mass is 10.2. The summed E-state index contributed by atoms with van der Waals surface area (Å²) < 4.78 is 0. The first kappa shape index (κ1) is 11.5. The van der Waals surface area contributed by atoms with Crippen LogP contribution in [-0.2, 0) is 4.79 Å². The zero-order chi connectivity index (χ0) is 12.4. The Balaban J connectivity index is 2.22. The van der Waals surface area contributed by atoms with Gasteiger partial charge in [-0.2, -0.15) is 10.2 Å². The molecule has 0 saturated heterocycles. The average molecular weight is 235 g/mol. The minimum atomic E-state index is -0.993. The first-order valence-corrected chi connectivity index (χ1v) is 5.43. The van der Waals surface area contributed by atoms with Gasteiger partial charge < -0.3 is 10.0 Å². The van der Waals surface area contributed by atoms with E-state index in [-0.39, 0.29) is 11.9 Å².